The molecule has 5 heteroatoms. The van der Waals surface area contributed by atoms with E-state index in [1.54, 1.807) is 6.20 Å². The Kier molecular flexibility index (Phi) is 4.47. The molecule has 2 aromatic carbocycles. The summed E-state index contributed by atoms with van der Waals surface area (Å²) in [4.78, 5) is 16.1. The average Bonchev–Trinajstić information content (AvgIpc) is 3.05. The minimum Gasteiger partial charge on any atom is -0.441 e. The van der Waals surface area contributed by atoms with E-state index in [1.165, 1.54) is 24.3 Å². The van der Waals surface area contributed by atoms with Crippen LogP contribution in [0.15, 0.2) is 65.2 Å². The molecule has 0 unspecified atom stereocenters. The Bertz CT molecular complexity index is 782. The van der Waals surface area contributed by atoms with E-state index in [-0.39, 0.29) is 18.1 Å². The molecule has 0 aliphatic rings. The number of oxazole rings is 1. The van der Waals surface area contributed by atoms with Crippen LogP contribution in [-0.2, 0) is 11.2 Å². The van der Waals surface area contributed by atoms with Crippen molar-refractivity contribution in [2.45, 2.75) is 12.8 Å². The lowest BCUT2D eigenvalue weighted by Crippen LogP contribution is -2.12. The highest BCUT2D eigenvalue weighted by atomic mass is 19.1. The first-order chi connectivity index (χ1) is 11.2. The van der Waals surface area contributed by atoms with Crippen molar-refractivity contribution in [1.82, 2.24) is 4.98 Å². The zero-order chi connectivity index (χ0) is 16.1. The van der Waals surface area contributed by atoms with E-state index in [9.17, 15) is 9.18 Å². The number of halogens is 1. The molecule has 0 fully saturated rings. The van der Waals surface area contributed by atoms with Crippen LogP contribution in [0, 0.1) is 5.82 Å². The second kappa shape index (κ2) is 6.87. The number of rotatable bonds is 5. The number of aromatic nitrogens is 1. The summed E-state index contributed by atoms with van der Waals surface area (Å²) < 4.78 is 18.4. The lowest BCUT2D eigenvalue weighted by molar-refractivity contribution is -0.116. The Morgan fingerprint density at radius 1 is 1.09 bits per heavy atom. The number of benzene rings is 2. The first kappa shape index (κ1) is 15.0. The largest absolute Gasteiger partial charge is 0.441 e. The van der Waals surface area contributed by atoms with Gasteiger partial charge in [-0.1, -0.05) is 30.3 Å². The monoisotopic (exact) mass is 310 g/mol. The number of anilines is 1. The topological polar surface area (TPSA) is 55.1 Å². The van der Waals surface area contributed by atoms with Crippen LogP contribution in [0.1, 0.15) is 12.3 Å². The van der Waals surface area contributed by atoms with Crippen LogP contribution in [-0.4, -0.2) is 10.9 Å². The SMILES string of the molecule is O=C(CCc1ncc(-c2ccccc2)o1)Nc1ccc(F)cc1. The molecule has 1 heterocycles. The van der Waals surface area contributed by atoms with Gasteiger partial charge in [0.05, 0.1) is 6.20 Å². The third-order valence-corrected chi connectivity index (χ3v) is 3.31. The maximum absolute atomic E-state index is 12.8. The van der Waals surface area contributed by atoms with E-state index in [2.05, 4.69) is 10.3 Å². The molecule has 0 aliphatic heterocycles. The Labute approximate surface area is 133 Å². The molecule has 0 saturated heterocycles. The number of hydrogen-bond acceptors (Lipinski definition) is 3. The minimum absolute atomic E-state index is 0.170. The number of carbonyl (C=O) groups excluding carboxylic acids is 1. The Morgan fingerprint density at radius 3 is 2.57 bits per heavy atom. The summed E-state index contributed by atoms with van der Waals surface area (Å²) in [6.45, 7) is 0. The molecule has 0 aliphatic carbocycles. The van der Waals surface area contributed by atoms with Gasteiger partial charge in [0, 0.05) is 24.1 Å². The minimum atomic E-state index is -0.337. The standard InChI is InChI=1S/C18H15FN2O2/c19-14-6-8-15(9-7-14)21-17(22)10-11-18-20-12-16(23-18)13-4-2-1-3-5-13/h1-9,12H,10-11H2,(H,21,22). The van der Waals surface area contributed by atoms with Gasteiger partial charge in [-0.25, -0.2) is 9.37 Å². The summed E-state index contributed by atoms with van der Waals surface area (Å²) in [6.07, 6.45) is 2.30. The summed E-state index contributed by atoms with van der Waals surface area (Å²) >= 11 is 0. The zero-order valence-corrected chi connectivity index (χ0v) is 12.3. The van der Waals surface area contributed by atoms with Gasteiger partial charge in [0.15, 0.2) is 11.7 Å². The third-order valence-electron chi connectivity index (χ3n) is 3.31. The van der Waals surface area contributed by atoms with Gasteiger partial charge in [-0.2, -0.15) is 0 Å². The van der Waals surface area contributed by atoms with Crippen LogP contribution in [0.3, 0.4) is 0 Å². The molecule has 1 aromatic heterocycles. The molecule has 0 spiro atoms. The fraction of sp³-hybridized carbons (Fsp3) is 0.111. The van der Waals surface area contributed by atoms with Gasteiger partial charge in [-0.05, 0) is 24.3 Å². The number of aryl methyl sites for hydroxylation is 1. The maximum Gasteiger partial charge on any atom is 0.224 e. The van der Waals surface area contributed by atoms with Crippen molar-refractivity contribution in [1.29, 1.82) is 0 Å². The molecular weight excluding hydrogens is 295 g/mol. The molecule has 0 radical (unpaired) electrons. The molecule has 1 amide bonds. The third kappa shape index (κ3) is 4.03. The van der Waals surface area contributed by atoms with Crippen LogP contribution in [0.4, 0.5) is 10.1 Å². The van der Waals surface area contributed by atoms with Crippen molar-refractivity contribution < 1.29 is 13.6 Å². The molecule has 23 heavy (non-hydrogen) atoms. The number of nitrogens with zero attached hydrogens (tertiary/aromatic N) is 1. The Balaban J connectivity index is 1.55. The van der Waals surface area contributed by atoms with E-state index in [4.69, 9.17) is 4.42 Å². The highest BCUT2D eigenvalue weighted by molar-refractivity contribution is 5.90. The molecule has 4 nitrogen and oxygen atoms in total. The number of carbonyl (C=O) groups is 1. The Hall–Kier alpha value is -2.95. The number of hydrogen-bond donors (Lipinski definition) is 1. The van der Waals surface area contributed by atoms with Crippen LogP contribution in [0.25, 0.3) is 11.3 Å². The highest BCUT2D eigenvalue weighted by Gasteiger charge is 2.09. The summed E-state index contributed by atoms with van der Waals surface area (Å²) in [6, 6.07) is 15.3. The zero-order valence-electron chi connectivity index (χ0n) is 12.3. The lowest BCUT2D eigenvalue weighted by atomic mass is 10.2. The number of nitrogens with one attached hydrogen (secondary N) is 1. The van der Waals surface area contributed by atoms with E-state index in [0.717, 1.165) is 5.56 Å². The Morgan fingerprint density at radius 2 is 1.83 bits per heavy atom. The van der Waals surface area contributed by atoms with Crippen molar-refractivity contribution >= 4 is 11.6 Å². The fourth-order valence-corrected chi connectivity index (χ4v) is 2.14. The van der Waals surface area contributed by atoms with Crippen molar-refractivity contribution in [3.63, 3.8) is 0 Å². The van der Waals surface area contributed by atoms with Crippen molar-refractivity contribution in [3.05, 3.63) is 72.5 Å². The van der Waals surface area contributed by atoms with Crippen molar-refractivity contribution in [2.75, 3.05) is 5.32 Å². The van der Waals surface area contributed by atoms with Gasteiger partial charge in [-0.15, -0.1) is 0 Å². The fourth-order valence-electron chi connectivity index (χ4n) is 2.14. The molecule has 3 rings (SSSR count). The predicted molar refractivity (Wildman–Crippen MR) is 85.3 cm³/mol. The van der Waals surface area contributed by atoms with Gasteiger partial charge < -0.3 is 9.73 Å². The van der Waals surface area contributed by atoms with Crippen molar-refractivity contribution in [2.24, 2.45) is 0 Å². The first-order valence-corrected chi connectivity index (χ1v) is 7.26. The average molecular weight is 310 g/mol. The predicted octanol–water partition coefficient (Wildman–Crippen LogP) is 4.05. The van der Waals surface area contributed by atoms with E-state index >= 15 is 0 Å². The van der Waals surface area contributed by atoms with Gasteiger partial charge in [0.25, 0.3) is 0 Å². The second-order valence-corrected chi connectivity index (χ2v) is 5.04. The number of amides is 1. The van der Waals surface area contributed by atoms with E-state index in [1.807, 2.05) is 30.3 Å². The van der Waals surface area contributed by atoms with Gasteiger partial charge in [-0.3, -0.25) is 4.79 Å². The first-order valence-electron chi connectivity index (χ1n) is 7.26. The lowest BCUT2D eigenvalue weighted by Gasteiger charge is -2.03. The van der Waals surface area contributed by atoms with Crippen LogP contribution in [0.5, 0.6) is 0 Å². The van der Waals surface area contributed by atoms with Crippen LogP contribution in [0.2, 0.25) is 0 Å². The van der Waals surface area contributed by atoms with E-state index in [0.29, 0.717) is 23.8 Å². The molecule has 3 aromatic rings. The summed E-state index contributed by atoms with van der Waals surface area (Å²) in [5, 5.41) is 2.70. The molecule has 0 atom stereocenters. The van der Waals surface area contributed by atoms with Gasteiger partial charge >= 0.3 is 0 Å². The summed E-state index contributed by atoms with van der Waals surface area (Å²) in [5.41, 5.74) is 1.51. The molecular formula is C18H15FN2O2. The molecule has 0 saturated carbocycles. The summed E-state index contributed by atoms with van der Waals surface area (Å²) in [7, 11) is 0. The van der Waals surface area contributed by atoms with Crippen LogP contribution < -0.4 is 5.32 Å². The van der Waals surface area contributed by atoms with Crippen LogP contribution >= 0.6 is 0 Å². The summed E-state index contributed by atoms with van der Waals surface area (Å²) in [5.74, 6) is 0.685. The van der Waals surface area contributed by atoms with Crippen molar-refractivity contribution in [3.8, 4) is 11.3 Å². The van der Waals surface area contributed by atoms with E-state index < -0.39 is 0 Å². The maximum atomic E-state index is 12.8. The molecule has 1 N–H and O–H groups in total. The normalized spacial score (nSPS) is 10.5. The molecule has 116 valence electrons. The van der Waals surface area contributed by atoms with Gasteiger partial charge in [0.1, 0.15) is 5.82 Å². The van der Waals surface area contributed by atoms with Gasteiger partial charge in [0.2, 0.25) is 5.91 Å². The quantitative estimate of drug-likeness (QED) is 0.773. The highest BCUT2D eigenvalue weighted by Crippen LogP contribution is 2.20. The molecule has 0 bridgehead atoms. The smallest absolute Gasteiger partial charge is 0.224 e. The second-order valence-electron chi connectivity index (χ2n) is 5.04.